The molecule has 49 heavy (non-hydrogen) atoms. The predicted octanol–water partition coefficient (Wildman–Crippen LogP) is 1.13. The Hall–Kier alpha value is -4.68. The molecule has 16 nitrogen and oxygen atoms in total. The molecule has 18 heteroatoms. The summed E-state index contributed by atoms with van der Waals surface area (Å²) in [5, 5.41) is 6.18. The van der Waals surface area contributed by atoms with Crippen molar-refractivity contribution in [2.24, 2.45) is 4.99 Å². The first-order valence-electron chi connectivity index (χ1n) is 15.1. The lowest BCUT2D eigenvalue weighted by atomic mass is 9.88. The lowest BCUT2D eigenvalue weighted by Crippen LogP contribution is -2.53. The number of nitrogen functional groups attached to an aromatic ring is 2. The van der Waals surface area contributed by atoms with Gasteiger partial charge in [0, 0.05) is 52.0 Å². The molecule has 3 aromatic rings. The molecule has 0 radical (unpaired) electrons. The van der Waals surface area contributed by atoms with E-state index in [9.17, 15) is 22.8 Å². The normalized spacial score (nSPS) is 16.6. The highest BCUT2D eigenvalue weighted by Gasteiger charge is 2.41. The molecule has 5 rings (SSSR count). The number of piperidine rings is 1. The Morgan fingerprint density at radius 3 is 2.39 bits per heavy atom. The van der Waals surface area contributed by atoms with E-state index in [1.54, 1.807) is 29.2 Å². The van der Waals surface area contributed by atoms with Crippen LogP contribution in [-0.4, -0.2) is 110 Å². The smallest absolute Gasteiger partial charge is 0.302 e. The minimum Gasteiger partial charge on any atom is -0.382 e. The molecule has 0 bridgehead atoms. The van der Waals surface area contributed by atoms with Gasteiger partial charge in [0.15, 0.2) is 40.5 Å². The van der Waals surface area contributed by atoms with Crippen LogP contribution in [0.5, 0.6) is 0 Å². The number of likely N-dealkylation sites (tertiary alicyclic amines) is 1. The number of hydrogen-bond acceptors (Lipinski definition) is 11. The van der Waals surface area contributed by atoms with Crippen molar-refractivity contribution in [3.8, 4) is 0 Å². The van der Waals surface area contributed by atoms with Gasteiger partial charge >= 0.3 is 5.91 Å². The highest BCUT2D eigenvalue weighted by molar-refractivity contribution is 7.89. The van der Waals surface area contributed by atoms with Crippen molar-refractivity contribution in [3.05, 3.63) is 76.1 Å². The van der Waals surface area contributed by atoms with E-state index in [0.29, 0.717) is 32.5 Å². The number of carbonyl (C=O) groups excluding carboxylic acids is 3. The zero-order valence-corrected chi connectivity index (χ0v) is 28.5. The fourth-order valence-corrected chi connectivity index (χ4v) is 6.91. The van der Waals surface area contributed by atoms with Gasteiger partial charge in [0.2, 0.25) is 10.0 Å². The van der Waals surface area contributed by atoms with Gasteiger partial charge in [0.1, 0.15) is 0 Å². The summed E-state index contributed by atoms with van der Waals surface area (Å²) in [5.41, 5.74) is 11.1. The minimum absolute atomic E-state index is 0.0664. The molecule has 2 aliphatic rings. The number of nitrogens with zero attached hydrogens (tertiary/aromatic N) is 5. The molecule has 0 aliphatic carbocycles. The van der Waals surface area contributed by atoms with Crippen molar-refractivity contribution in [1.29, 1.82) is 0 Å². The number of guanidine groups is 1. The van der Waals surface area contributed by atoms with Crippen LogP contribution in [0, 0.1) is 0 Å². The van der Waals surface area contributed by atoms with Crippen LogP contribution < -0.4 is 22.1 Å². The highest BCUT2D eigenvalue weighted by Crippen LogP contribution is 2.27. The molecule has 2 aromatic carbocycles. The van der Waals surface area contributed by atoms with Crippen molar-refractivity contribution in [2.75, 3.05) is 58.9 Å². The maximum absolute atomic E-state index is 13.8. The Morgan fingerprint density at radius 1 is 1.04 bits per heavy atom. The van der Waals surface area contributed by atoms with E-state index in [1.165, 1.54) is 45.5 Å². The topological polar surface area (TPSA) is 225 Å². The Kier molecular flexibility index (Phi) is 10.5. The number of aromatic nitrogens is 2. The molecule has 2 saturated heterocycles. The number of carbonyl (C=O) groups is 3. The number of nitrogens with two attached hydrogens (primary N) is 2. The van der Waals surface area contributed by atoms with E-state index in [0.717, 1.165) is 4.31 Å². The van der Waals surface area contributed by atoms with Crippen LogP contribution in [0.15, 0.2) is 58.4 Å². The summed E-state index contributed by atoms with van der Waals surface area (Å²) in [6.45, 7) is 1.09. The summed E-state index contributed by atoms with van der Waals surface area (Å²) >= 11 is 5.89. The molecule has 0 saturated carbocycles. The van der Waals surface area contributed by atoms with Crippen LogP contribution in [-0.2, 0) is 19.5 Å². The van der Waals surface area contributed by atoms with Gasteiger partial charge < -0.3 is 36.5 Å². The van der Waals surface area contributed by atoms with Gasteiger partial charge in [-0.15, -0.1) is 0 Å². The van der Waals surface area contributed by atoms with Crippen molar-refractivity contribution in [1.82, 2.24) is 29.8 Å². The van der Waals surface area contributed by atoms with E-state index in [2.05, 4.69) is 25.6 Å². The fraction of sp³-hybridized carbons (Fsp3) is 0.355. The zero-order chi connectivity index (χ0) is 35.5. The number of nitrogens with one attached hydrogen (secondary N) is 2. The van der Waals surface area contributed by atoms with E-state index >= 15 is 0 Å². The number of ketones is 1. The molecule has 3 heterocycles. The number of anilines is 2. The van der Waals surface area contributed by atoms with Gasteiger partial charge in [-0.1, -0.05) is 41.9 Å². The summed E-state index contributed by atoms with van der Waals surface area (Å²) < 4.78 is 37.8. The Bertz CT molecular complexity index is 1910. The molecule has 0 atom stereocenters. The maximum Gasteiger partial charge on any atom is 0.302 e. The van der Waals surface area contributed by atoms with Gasteiger partial charge in [-0.2, -0.15) is 9.30 Å². The second kappa shape index (κ2) is 14.4. The second-order valence-corrected chi connectivity index (χ2v) is 13.9. The lowest BCUT2D eigenvalue weighted by Gasteiger charge is -2.38. The van der Waals surface area contributed by atoms with Crippen molar-refractivity contribution in [2.45, 2.75) is 29.6 Å². The van der Waals surface area contributed by atoms with Gasteiger partial charge in [-0.3, -0.25) is 14.4 Å². The van der Waals surface area contributed by atoms with E-state index in [4.69, 9.17) is 32.5 Å². The average molecular weight is 714 g/mol. The number of benzene rings is 2. The molecular weight excluding hydrogens is 678 g/mol. The molecule has 260 valence electrons. The summed E-state index contributed by atoms with van der Waals surface area (Å²) in [4.78, 5) is 53.6. The number of halogens is 1. The molecule has 1 spiro atoms. The summed E-state index contributed by atoms with van der Waals surface area (Å²) in [7, 11) is 0.206. The summed E-state index contributed by atoms with van der Waals surface area (Å²) in [6, 6.07) is 12.1. The molecule has 2 fully saturated rings. The van der Waals surface area contributed by atoms with E-state index in [1.807, 2.05) is 0 Å². The number of sulfonamides is 1. The Labute approximate surface area is 287 Å². The van der Waals surface area contributed by atoms with Crippen LogP contribution in [0.4, 0.5) is 11.6 Å². The molecule has 0 unspecified atom stereocenters. The monoisotopic (exact) mass is 713 g/mol. The van der Waals surface area contributed by atoms with Gasteiger partial charge in [-0.25, -0.2) is 18.4 Å². The second-order valence-electron chi connectivity index (χ2n) is 11.5. The van der Waals surface area contributed by atoms with E-state index < -0.39 is 33.5 Å². The van der Waals surface area contributed by atoms with Crippen molar-refractivity contribution >= 4 is 56.8 Å². The van der Waals surface area contributed by atoms with E-state index in [-0.39, 0.29) is 62.5 Å². The minimum atomic E-state index is -3.99. The first-order valence-corrected chi connectivity index (χ1v) is 16.9. The van der Waals surface area contributed by atoms with Crippen LogP contribution >= 0.6 is 11.6 Å². The standard InChI is InChI=1S/C31H36ClN9O7S/c1-40(16-22(47-2)48-3)49(45,46)19-8-6-7-18(15-19)24(42)20-9-4-5-10-21(20)29(44)41-13-11-31(12-14-41)17-35-30(39-31)38-28(43)23-26(33)37-27(34)25(32)36-23/h4-10,15,22H,11-14,16-17H2,1-3H3,(H4,33,34,37)(H2,35,38,39,43). The van der Waals surface area contributed by atoms with Crippen LogP contribution in [0.1, 0.15) is 49.6 Å². The van der Waals surface area contributed by atoms with Gasteiger partial charge in [0.05, 0.1) is 22.5 Å². The van der Waals surface area contributed by atoms with Crippen molar-refractivity contribution in [3.63, 3.8) is 0 Å². The Balaban J connectivity index is 1.27. The fourth-order valence-electron chi connectivity index (χ4n) is 5.58. The number of aliphatic imine (C=N–C) groups is 1. The molecule has 2 aliphatic heterocycles. The summed E-state index contributed by atoms with van der Waals surface area (Å²) in [5.74, 6) is -1.66. The first-order chi connectivity index (χ1) is 23.3. The number of hydrogen-bond donors (Lipinski definition) is 4. The number of ether oxygens (including phenoxy) is 2. The number of rotatable bonds is 10. The third kappa shape index (κ3) is 7.50. The molecule has 6 N–H and O–H groups in total. The third-order valence-corrected chi connectivity index (χ3v) is 10.5. The first kappa shape index (κ1) is 35.6. The van der Waals surface area contributed by atoms with Crippen LogP contribution in [0.25, 0.3) is 0 Å². The third-order valence-electron chi connectivity index (χ3n) is 8.44. The summed E-state index contributed by atoms with van der Waals surface area (Å²) in [6.07, 6.45) is 0.263. The van der Waals surface area contributed by atoms with Crippen LogP contribution in [0.3, 0.4) is 0 Å². The predicted molar refractivity (Wildman–Crippen MR) is 181 cm³/mol. The molecule has 2 amide bonds. The average Bonchev–Trinajstić information content (AvgIpc) is 3.49. The quantitative estimate of drug-likeness (QED) is 0.171. The maximum atomic E-state index is 13.8. The number of likely N-dealkylation sites (N-methyl/N-ethyl adjacent to an activating group) is 1. The van der Waals surface area contributed by atoms with Crippen LogP contribution in [0.2, 0.25) is 5.15 Å². The number of methoxy groups -OCH3 is 2. The molecular formula is C31H36ClN9O7S. The Morgan fingerprint density at radius 2 is 1.71 bits per heavy atom. The lowest BCUT2D eigenvalue weighted by molar-refractivity contribution is -0.106. The molecule has 1 aromatic heterocycles. The SMILES string of the molecule is COC(CN(C)S(=O)(=O)c1cccc(C(=O)c2ccccc2C(=O)N2CCC3(CC2)CN/C(=N\C(=O)c2nc(Cl)c(N)nc2N)N3)c1)OC. The number of amides is 2. The zero-order valence-electron chi connectivity index (χ0n) is 27.0. The van der Waals surface area contributed by atoms with Gasteiger partial charge in [0.25, 0.3) is 5.91 Å². The highest BCUT2D eigenvalue weighted by atomic mass is 35.5. The van der Waals surface area contributed by atoms with Crippen molar-refractivity contribution < 1.29 is 32.3 Å². The van der Waals surface area contributed by atoms with Gasteiger partial charge in [-0.05, 0) is 31.0 Å². The largest absolute Gasteiger partial charge is 0.382 e.